The molecule has 0 saturated heterocycles. The first-order valence-corrected chi connectivity index (χ1v) is 6.53. The van der Waals surface area contributed by atoms with Gasteiger partial charge in [0.1, 0.15) is 0 Å². The lowest BCUT2D eigenvalue weighted by molar-refractivity contribution is 0.362. The van der Waals surface area contributed by atoms with E-state index in [1.165, 1.54) is 49.9 Å². The third kappa shape index (κ3) is 3.01. The van der Waals surface area contributed by atoms with Gasteiger partial charge in [-0.1, -0.05) is 37.0 Å². The molecule has 16 heavy (non-hydrogen) atoms. The monoisotopic (exact) mass is 217 g/mol. The van der Waals surface area contributed by atoms with E-state index < -0.39 is 0 Å². The van der Waals surface area contributed by atoms with E-state index in [-0.39, 0.29) is 0 Å². The van der Waals surface area contributed by atoms with Crippen LogP contribution in [0.25, 0.3) is 0 Å². The van der Waals surface area contributed by atoms with Crippen molar-refractivity contribution in [3.63, 3.8) is 0 Å². The zero-order valence-electron chi connectivity index (χ0n) is 10.6. The molecule has 1 aromatic rings. The highest BCUT2D eigenvalue weighted by Crippen LogP contribution is 2.25. The Balaban J connectivity index is 1.91. The van der Waals surface area contributed by atoms with Crippen molar-refractivity contribution in [2.45, 2.75) is 39.0 Å². The highest BCUT2D eigenvalue weighted by Gasteiger charge is 2.15. The van der Waals surface area contributed by atoms with Crippen LogP contribution in [0.4, 0.5) is 5.69 Å². The lowest BCUT2D eigenvalue weighted by Gasteiger charge is -2.28. The Kier molecular flexibility index (Phi) is 3.87. The quantitative estimate of drug-likeness (QED) is 0.739. The van der Waals surface area contributed by atoms with E-state index in [0.29, 0.717) is 0 Å². The van der Waals surface area contributed by atoms with Gasteiger partial charge in [0.05, 0.1) is 0 Å². The molecule has 1 heteroatoms. The number of hydrogen-bond acceptors (Lipinski definition) is 1. The fourth-order valence-corrected chi connectivity index (χ4v) is 2.66. The van der Waals surface area contributed by atoms with Crippen LogP contribution in [0.1, 0.15) is 37.7 Å². The van der Waals surface area contributed by atoms with Crippen molar-refractivity contribution < 1.29 is 0 Å². The summed E-state index contributed by atoms with van der Waals surface area (Å²) >= 11 is 0. The number of aryl methyl sites for hydroxylation is 1. The molecule has 1 aliphatic carbocycles. The second-order valence-electron chi connectivity index (χ2n) is 5.22. The average molecular weight is 217 g/mol. The van der Waals surface area contributed by atoms with Crippen LogP contribution in [0.2, 0.25) is 0 Å². The van der Waals surface area contributed by atoms with Gasteiger partial charge < -0.3 is 4.90 Å². The molecule has 2 rings (SSSR count). The van der Waals surface area contributed by atoms with E-state index in [1.807, 2.05) is 0 Å². The lowest BCUT2D eigenvalue weighted by atomic mass is 9.89. The minimum absolute atomic E-state index is 0.917. The van der Waals surface area contributed by atoms with Gasteiger partial charge in [0.15, 0.2) is 0 Å². The fourth-order valence-electron chi connectivity index (χ4n) is 2.66. The van der Waals surface area contributed by atoms with Gasteiger partial charge >= 0.3 is 0 Å². The summed E-state index contributed by atoms with van der Waals surface area (Å²) in [5.41, 5.74) is 2.70. The molecule has 1 aromatic carbocycles. The van der Waals surface area contributed by atoms with E-state index in [4.69, 9.17) is 0 Å². The van der Waals surface area contributed by atoms with E-state index in [1.54, 1.807) is 0 Å². The van der Waals surface area contributed by atoms with Gasteiger partial charge in [0, 0.05) is 19.3 Å². The first kappa shape index (κ1) is 11.5. The van der Waals surface area contributed by atoms with Crippen molar-refractivity contribution in [3.05, 3.63) is 29.8 Å². The zero-order valence-corrected chi connectivity index (χ0v) is 10.6. The summed E-state index contributed by atoms with van der Waals surface area (Å²) in [6.07, 6.45) is 7.18. The topological polar surface area (TPSA) is 3.24 Å². The Morgan fingerprint density at radius 3 is 2.31 bits per heavy atom. The Morgan fingerprint density at radius 2 is 1.69 bits per heavy atom. The van der Waals surface area contributed by atoms with Gasteiger partial charge in [0.2, 0.25) is 0 Å². The fraction of sp³-hybridized carbons (Fsp3) is 0.600. The maximum absolute atomic E-state index is 2.41. The van der Waals surface area contributed by atoms with Crippen LogP contribution in [0.3, 0.4) is 0 Å². The van der Waals surface area contributed by atoms with Crippen LogP contribution in [0, 0.1) is 12.8 Å². The predicted octanol–water partition coefficient (Wildman–Crippen LogP) is 4.01. The molecular weight excluding hydrogens is 194 g/mol. The predicted molar refractivity (Wildman–Crippen MR) is 71.0 cm³/mol. The summed E-state index contributed by atoms with van der Waals surface area (Å²) in [6, 6.07) is 8.87. The Labute approximate surface area is 99.5 Å². The molecule has 1 fully saturated rings. The van der Waals surface area contributed by atoms with Gasteiger partial charge in [-0.3, -0.25) is 0 Å². The summed E-state index contributed by atoms with van der Waals surface area (Å²) in [4.78, 5) is 2.41. The van der Waals surface area contributed by atoms with E-state index >= 15 is 0 Å². The molecule has 0 unspecified atom stereocenters. The molecule has 0 amide bonds. The maximum Gasteiger partial charge on any atom is 0.0363 e. The summed E-state index contributed by atoms with van der Waals surface area (Å²) in [6.45, 7) is 3.37. The van der Waals surface area contributed by atoms with Crippen molar-refractivity contribution in [1.82, 2.24) is 0 Å². The smallest absolute Gasteiger partial charge is 0.0363 e. The van der Waals surface area contributed by atoms with Crippen molar-refractivity contribution in [3.8, 4) is 0 Å². The number of nitrogens with zero attached hydrogens (tertiary/aromatic N) is 1. The molecule has 0 radical (unpaired) electrons. The number of rotatable bonds is 3. The first-order chi connectivity index (χ1) is 7.75. The SMILES string of the molecule is Cc1ccc(N(C)CC2CCCCC2)cc1. The summed E-state index contributed by atoms with van der Waals surface area (Å²) in [5, 5.41) is 0. The van der Waals surface area contributed by atoms with Crippen molar-refractivity contribution in [1.29, 1.82) is 0 Å². The van der Waals surface area contributed by atoms with Crippen molar-refractivity contribution in [2.24, 2.45) is 5.92 Å². The van der Waals surface area contributed by atoms with Crippen LogP contribution in [-0.4, -0.2) is 13.6 Å². The molecule has 0 aliphatic heterocycles. The minimum atomic E-state index is 0.917. The standard InChI is InChI=1S/C15H23N/c1-13-8-10-15(11-9-13)16(2)12-14-6-4-3-5-7-14/h8-11,14H,3-7,12H2,1-2H3. The van der Waals surface area contributed by atoms with Crippen LogP contribution >= 0.6 is 0 Å². The average Bonchev–Trinajstić information content (AvgIpc) is 2.31. The number of anilines is 1. The molecule has 1 nitrogen and oxygen atoms in total. The highest BCUT2D eigenvalue weighted by atomic mass is 15.1. The molecule has 88 valence electrons. The van der Waals surface area contributed by atoms with Gasteiger partial charge in [-0.25, -0.2) is 0 Å². The number of benzene rings is 1. The highest BCUT2D eigenvalue weighted by molar-refractivity contribution is 5.46. The Morgan fingerprint density at radius 1 is 1.06 bits per heavy atom. The van der Waals surface area contributed by atoms with Gasteiger partial charge in [-0.05, 0) is 37.8 Å². The van der Waals surface area contributed by atoms with Gasteiger partial charge in [-0.15, -0.1) is 0 Å². The molecule has 0 bridgehead atoms. The zero-order chi connectivity index (χ0) is 11.4. The Hall–Kier alpha value is -0.980. The molecule has 0 atom stereocenters. The van der Waals surface area contributed by atoms with Crippen molar-refractivity contribution in [2.75, 3.05) is 18.5 Å². The van der Waals surface area contributed by atoms with Gasteiger partial charge in [0.25, 0.3) is 0 Å². The Bertz CT molecular complexity index is 309. The molecule has 1 aliphatic rings. The number of hydrogen-bond donors (Lipinski definition) is 0. The van der Waals surface area contributed by atoms with E-state index in [9.17, 15) is 0 Å². The van der Waals surface area contributed by atoms with Gasteiger partial charge in [-0.2, -0.15) is 0 Å². The largest absolute Gasteiger partial charge is 0.374 e. The summed E-state index contributed by atoms with van der Waals surface area (Å²) < 4.78 is 0. The first-order valence-electron chi connectivity index (χ1n) is 6.53. The van der Waals surface area contributed by atoms with E-state index in [2.05, 4.69) is 43.1 Å². The normalized spacial score (nSPS) is 17.4. The second kappa shape index (κ2) is 5.38. The molecule has 0 aromatic heterocycles. The molecule has 1 saturated carbocycles. The van der Waals surface area contributed by atoms with Crippen LogP contribution in [-0.2, 0) is 0 Å². The summed E-state index contributed by atoms with van der Waals surface area (Å²) in [5.74, 6) is 0.917. The van der Waals surface area contributed by atoms with Crippen LogP contribution in [0.15, 0.2) is 24.3 Å². The van der Waals surface area contributed by atoms with Crippen LogP contribution in [0.5, 0.6) is 0 Å². The third-order valence-corrected chi connectivity index (χ3v) is 3.73. The molecule has 0 N–H and O–H groups in total. The third-order valence-electron chi connectivity index (χ3n) is 3.73. The minimum Gasteiger partial charge on any atom is -0.374 e. The van der Waals surface area contributed by atoms with Crippen molar-refractivity contribution >= 4 is 5.69 Å². The molecule has 0 heterocycles. The maximum atomic E-state index is 2.41. The van der Waals surface area contributed by atoms with Crippen LogP contribution < -0.4 is 4.90 Å². The second-order valence-corrected chi connectivity index (χ2v) is 5.22. The van der Waals surface area contributed by atoms with E-state index in [0.717, 1.165) is 5.92 Å². The molecule has 0 spiro atoms. The summed E-state index contributed by atoms with van der Waals surface area (Å²) in [7, 11) is 2.22. The molecular formula is C15H23N. The lowest BCUT2D eigenvalue weighted by Crippen LogP contribution is -2.26.